The Labute approximate surface area is 158 Å². The van der Waals surface area contributed by atoms with Gasteiger partial charge in [-0.05, 0) is 45.2 Å². The summed E-state index contributed by atoms with van der Waals surface area (Å²) in [4.78, 5) is 25.3. The molecule has 1 saturated heterocycles. The summed E-state index contributed by atoms with van der Waals surface area (Å²) in [6.07, 6.45) is 7.18. The average molecular weight is 371 g/mol. The molecule has 0 saturated carbocycles. The third-order valence-electron chi connectivity index (χ3n) is 5.51. The number of methoxy groups -OCH3 is 1. The van der Waals surface area contributed by atoms with Gasteiger partial charge in [-0.15, -0.1) is 0 Å². The SMILES string of the molecule is CCCCCC1NCCCC(CCCN)(C(=O)OC)CNC(=O)[C@H]1CN. The molecule has 7 nitrogen and oxygen atoms in total. The predicted molar refractivity (Wildman–Crippen MR) is 103 cm³/mol. The zero-order chi connectivity index (χ0) is 19.4. The fraction of sp³-hybridized carbons (Fsp3) is 0.895. The van der Waals surface area contributed by atoms with Crippen molar-refractivity contribution >= 4 is 11.9 Å². The normalized spacial score (nSPS) is 27.6. The molecule has 1 rings (SSSR count). The highest BCUT2D eigenvalue weighted by atomic mass is 16.5. The van der Waals surface area contributed by atoms with Gasteiger partial charge in [0.1, 0.15) is 0 Å². The standard InChI is InChI=1S/C19H38N4O3/c1-3-4-5-8-16-15(13-21)17(24)23-14-19(9-6-11-20,18(25)26-2)10-7-12-22-16/h15-16,22H,3-14,20-21H2,1-2H3,(H,23,24)/t15-,16?,19?/m0/s1. The summed E-state index contributed by atoms with van der Waals surface area (Å²) >= 11 is 0. The molecule has 6 N–H and O–H groups in total. The summed E-state index contributed by atoms with van der Waals surface area (Å²) in [6, 6.07) is 0.0845. The first kappa shape index (κ1) is 22.9. The first-order valence-electron chi connectivity index (χ1n) is 10.0. The maximum absolute atomic E-state index is 12.8. The summed E-state index contributed by atoms with van der Waals surface area (Å²) in [5.41, 5.74) is 10.9. The van der Waals surface area contributed by atoms with E-state index in [-0.39, 0.29) is 30.4 Å². The van der Waals surface area contributed by atoms with Crippen molar-refractivity contribution < 1.29 is 14.3 Å². The lowest BCUT2D eigenvalue weighted by atomic mass is 9.78. The van der Waals surface area contributed by atoms with E-state index in [0.29, 0.717) is 25.9 Å². The first-order chi connectivity index (χ1) is 12.5. The molecule has 1 heterocycles. The maximum atomic E-state index is 12.8. The highest BCUT2D eigenvalue weighted by molar-refractivity contribution is 5.82. The van der Waals surface area contributed by atoms with Crippen molar-refractivity contribution in [3.63, 3.8) is 0 Å². The molecule has 0 aromatic carbocycles. The van der Waals surface area contributed by atoms with Crippen molar-refractivity contribution in [2.45, 2.75) is 64.3 Å². The van der Waals surface area contributed by atoms with Crippen LogP contribution in [-0.2, 0) is 14.3 Å². The van der Waals surface area contributed by atoms with E-state index < -0.39 is 5.41 Å². The van der Waals surface area contributed by atoms with Gasteiger partial charge >= 0.3 is 5.97 Å². The van der Waals surface area contributed by atoms with Gasteiger partial charge in [0.25, 0.3) is 0 Å². The number of ether oxygens (including phenoxy) is 1. The molecule has 1 aliphatic heterocycles. The Morgan fingerprint density at radius 1 is 1.31 bits per heavy atom. The van der Waals surface area contributed by atoms with Crippen LogP contribution < -0.4 is 22.1 Å². The van der Waals surface area contributed by atoms with Crippen LogP contribution in [0.4, 0.5) is 0 Å². The highest BCUT2D eigenvalue weighted by Gasteiger charge is 2.40. The Morgan fingerprint density at radius 3 is 2.69 bits per heavy atom. The van der Waals surface area contributed by atoms with E-state index in [9.17, 15) is 9.59 Å². The van der Waals surface area contributed by atoms with Gasteiger partial charge in [-0.1, -0.05) is 26.2 Å². The number of esters is 1. The molecular weight excluding hydrogens is 332 g/mol. The Morgan fingerprint density at radius 2 is 2.08 bits per heavy atom. The molecule has 2 unspecified atom stereocenters. The van der Waals surface area contributed by atoms with E-state index in [1.807, 2.05) is 0 Å². The number of nitrogens with one attached hydrogen (secondary N) is 2. The lowest BCUT2D eigenvalue weighted by Gasteiger charge is -2.35. The molecule has 0 bridgehead atoms. The fourth-order valence-corrected chi connectivity index (χ4v) is 3.85. The van der Waals surface area contributed by atoms with Crippen LogP contribution in [0.1, 0.15) is 58.3 Å². The van der Waals surface area contributed by atoms with Crippen molar-refractivity contribution in [1.82, 2.24) is 10.6 Å². The summed E-state index contributed by atoms with van der Waals surface area (Å²) < 4.78 is 5.06. The molecule has 0 spiro atoms. The van der Waals surface area contributed by atoms with Crippen molar-refractivity contribution in [3.8, 4) is 0 Å². The zero-order valence-corrected chi connectivity index (χ0v) is 16.5. The Balaban J connectivity index is 2.89. The number of carbonyl (C=O) groups excluding carboxylic acids is 2. The van der Waals surface area contributed by atoms with Gasteiger partial charge in [0.2, 0.25) is 5.91 Å². The smallest absolute Gasteiger partial charge is 0.313 e. The molecule has 1 aliphatic rings. The van der Waals surface area contributed by atoms with E-state index in [1.54, 1.807) is 0 Å². The first-order valence-corrected chi connectivity index (χ1v) is 10.0. The van der Waals surface area contributed by atoms with Crippen LogP contribution in [0.3, 0.4) is 0 Å². The van der Waals surface area contributed by atoms with Gasteiger partial charge in [0.15, 0.2) is 0 Å². The number of amides is 1. The third-order valence-corrected chi connectivity index (χ3v) is 5.51. The van der Waals surface area contributed by atoms with Crippen molar-refractivity contribution in [3.05, 3.63) is 0 Å². The van der Waals surface area contributed by atoms with E-state index in [0.717, 1.165) is 45.1 Å². The van der Waals surface area contributed by atoms with Crippen molar-refractivity contribution in [1.29, 1.82) is 0 Å². The molecule has 0 aliphatic carbocycles. The Bertz CT molecular complexity index is 433. The van der Waals surface area contributed by atoms with Crippen molar-refractivity contribution in [2.75, 3.05) is 33.3 Å². The molecule has 0 radical (unpaired) electrons. The molecule has 0 aromatic heterocycles. The number of carbonyl (C=O) groups is 2. The molecule has 152 valence electrons. The third kappa shape index (κ3) is 6.52. The number of unbranched alkanes of at least 4 members (excludes halogenated alkanes) is 2. The molecule has 0 aromatic rings. The Hall–Kier alpha value is -1.18. The van der Waals surface area contributed by atoms with Crippen LogP contribution in [0.2, 0.25) is 0 Å². The van der Waals surface area contributed by atoms with Crippen molar-refractivity contribution in [2.24, 2.45) is 22.8 Å². The second kappa shape index (κ2) is 12.3. The van der Waals surface area contributed by atoms with Crippen LogP contribution >= 0.6 is 0 Å². The largest absolute Gasteiger partial charge is 0.469 e. The lowest BCUT2D eigenvalue weighted by Crippen LogP contribution is -2.53. The minimum absolute atomic E-state index is 0.0792. The molecule has 3 atom stereocenters. The molecular formula is C19H38N4O3. The van der Waals surface area contributed by atoms with Gasteiger partial charge in [-0.2, -0.15) is 0 Å². The molecule has 7 heteroatoms. The van der Waals surface area contributed by atoms with Crippen LogP contribution in [0.25, 0.3) is 0 Å². The molecule has 26 heavy (non-hydrogen) atoms. The van der Waals surface area contributed by atoms with Crippen LogP contribution in [-0.4, -0.2) is 51.2 Å². The topological polar surface area (TPSA) is 119 Å². The number of hydrogen-bond donors (Lipinski definition) is 4. The minimum atomic E-state index is -0.709. The molecule has 1 fully saturated rings. The summed E-state index contributed by atoms with van der Waals surface area (Å²) in [7, 11) is 1.40. The quantitative estimate of drug-likeness (QED) is 0.354. The number of nitrogens with two attached hydrogens (primary N) is 2. The second-order valence-corrected chi connectivity index (χ2v) is 7.38. The van der Waals surface area contributed by atoms with Gasteiger partial charge in [0.05, 0.1) is 18.4 Å². The molecule has 1 amide bonds. The van der Waals surface area contributed by atoms with Gasteiger partial charge in [0, 0.05) is 19.1 Å². The van der Waals surface area contributed by atoms with Crippen LogP contribution in [0, 0.1) is 11.3 Å². The van der Waals surface area contributed by atoms with E-state index in [4.69, 9.17) is 16.2 Å². The van der Waals surface area contributed by atoms with Crippen LogP contribution in [0.5, 0.6) is 0 Å². The van der Waals surface area contributed by atoms with Gasteiger partial charge in [-0.25, -0.2) is 0 Å². The Kier molecular flexibility index (Phi) is 10.8. The monoisotopic (exact) mass is 370 g/mol. The second-order valence-electron chi connectivity index (χ2n) is 7.38. The summed E-state index contributed by atoms with van der Waals surface area (Å²) in [5, 5.41) is 6.50. The lowest BCUT2D eigenvalue weighted by molar-refractivity contribution is -0.154. The maximum Gasteiger partial charge on any atom is 0.313 e. The number of rotatable bonds is 9. The van der Waals surface area contributed by atoms with E-state index >= 15 is 0 Å². The van der Waals surface area contributed by atoms with Gasteiger partial charge in [-0.3, -0.25) is 9.59 Å². The highest BCUT2D eigenvalue weighted by Crippen LogP contribution is 2.31. The summed E-state index contributed by atoms with van der Waals surface area (Å²) in [5.74, 6) is -0.630. The van der Waals surface area contributed by atoms with Gasteiger partial charge < -0.3 is 26.8 Å². The van der Waals surface area contributed by atoms with E-state index in [2.05, 4.69) is 17.6 Å². The number of hydrogen-bond acceptors (Lipinski definition) is 6. The minimum Gasteiger partial charge on any atom is -0.469 e. The zero-order valence-electron chi connectivity index (χ0n) is 16.5. The van der Waals surface area contributed by atoms with E-state index in [1.165, 1.54) is 7.11 Å². The van der Waals surface area contributed by atoms with Crippen LogP contribution in [0.15, 0.2) is 0 Å². The average Bonchev–Trinajstić information content (AvgIpc) is 2.66. The predicted octanol–water partition coefficient (Wildman–Crippen LogP) is 0.908. The fourth-order valence-electron chi connectivity index (χ4n) is 3.85. The summed E-state index contributed by atoms with van der Waals surface area (Å²) in [6.45, 7) is 4.03.